The summed E-state index contributed by atoms with van der Waals surface area (Å²) < 4.78 is 0.972. The van der Waals surface area contributed by atoms with Crippen molar-refractivity contribution in [2.45, 2.75) is 12.8 Å². The molecule has 1 atom stereocenters. The zero-order valence-electron chi connectivity index (χ0n) is 11.3. The van der Waals surface area contributed by atoms with Crippen molar-refractivity contribution < 1.29 is 4.79 Å². The van der Waals surface area contributed by atoms with Gasteiger partial charge in [-0.05, 0) is 30.2 Å². The Balaban J connectivity index is 2.20. The van der Waals surface area contributed by atoms with E-state index < -0.39 is 0 Å². The molecule has 0 saturated carbocycles. The van der Waals surface area contributed by atoms with E-state index in [2.05, 4.69) is 21.2 Å². The number of anilines is 1. The van der Waals surface area contributed by atoms with E-state index in [4.69, 9.17) is 5.73 Å². The molecule has 0 aliphatic rings. The van der Waals surface area contributed by atoms with Crippen LogP contribution in [0, 0.1) is 6.92 Å². The van der Waals surface area contributed by atoms with Crippen LogP contribution in [0.25, 0.3) is 0 Å². The minimum atomic E-state index is -0.338. The largest absolute Gasteiger partial charge is 0.329 e. The van der Waals surface area contributed by atoms with Crippen molar-refractivity contribution >= 4 is 27.5 Å². The lowest BCUT2D eigenvalue weighted by Gasteiger charge is -2.16. The summed E-state index contributed by atoms with van der Waals surface area (Å²) in [6.07, 6.45) is 0. The first-order valence-corrected chi connectivity index (χ1v) is 7.23. The third-order valence-corrected chi connectivity index (χ3v) is 4.14. The molecule has 2 rings (SSSR count). The molecule has 3 N–H and O–H groups in total. The molecule has 0 fully saturated rings. The van der Waals surface area contributed by atoms with Gasteiger partial charge in [-0.15, -0.1) is 0 Å². The van der Waals surface area contributed by atoms with Crippen LogP contribution in [0.1, 0.15) is 17.0 Å². The number of carbonyl (C=O) groups excluding carboxylic acids is 1. The number of benzene rings is 2. The summed E-state index contributed by atoms with van der Waals surface area (Å²) in [7, 11) is 0. The van der Waals surface area contributed by atoms with Gasteiger partial charge in [-0.25, -0.2) is 0 Å². The summed E-state index contributed by atoms with van der Waals surface area (Å²) in [5.74, 6) is -0.422. The molecule has 1 amide bonds. The standard InChI is InChI=1S/C16H17BrN2O/c1-11-14(17)8-5-9-15(11)19-16(20)13(10-18)12-6-3-2-4-7-12/h2-9,13H,10,18H2,1H3,(H,19,20). The molecule has 2 aromatic carbocycles. The highest BCUT2D eigenvalue weighted by Crippen LogP contribution is 2.25. The van der Waals surface area contributed by atoms with Crippen molar-refractivity contribution in [3.63, 3.8) is 0 Å². The van der Waals surface area contributed by atoms with Crippen molar-refractivity contribution in [2.75, 3.05) is 11.9 Å². The predicted molar refractivity (Wildman–Crippen MR) is 85.7 cm³/mol. The van der Waals surface area contributed by atoms with E-state index in [1.54, 1.807) is 0 Å². The van der Waals surface area contributed by atoms with Crippen molar-refractivity contribution in [1.29, 1.82) is 0 Å². The molecule has 2 aromatic rings. The molecule has 0 aliphatic carbocycles. The monoisotopic (exact) mass is 332 g/mol. The van der Waals surface area contributed by atoms with Gasteiger partial charge in [0, 0.05) is 16.7 Å². The average molecular weight is 333 g/mol. The van der Waals surface area contributed by atoms with E-state index >= 15 is 0 Å². The maximum Gasteiger partial charge on any atom is 0.233 e. The van der Waals surface area contributed by atoms with Crippen molar-refractivity contribution in [2.24, 2.45) is 5.73 Å². The Morgan fingerprint density at radius 3 is 2.55 bits per heavy atom. The smallest absolute Gasteiger partial charge is 0.233 e. The molecule has 20 heavy (non-hydrogen) atoms. The molecular weight excluding hydrogens is 316 g/mol. The Kier molecular flexibility index (Phi) is 4.93. The van der Waals surface area contributed by atoms with Crippen LogP contribution in [-0.2, 0) is 4.79 Å². The summed E-state index contributed by atoms with van der Waals surface area (Å²) in [6, 6.07) is 15.3. The van der Waals surface area contributed by atoms with Gasteiger partial charge in [-0.1, -0.05) is 52.3 Å². The van der Waals surface area contributed by atoms with Gasteiger partial charge in [0.05, 0.1) is 5.92 Å². The second kappa shape index (κ2) is 6.68. The van der Waals surface area contributed by atoms with Gasteiger partial charge in [0.1, 0.15) is 0 Å². The molecule has 0 heterocycles. The zero-order valence-corrected chi connectivity index (χ0v) is 12.9. The quantitative estimate of drug-likeness (QED) is 0.901. The number of hydrogen-bond acceptors (Lipinski definition) is 2. The first-order valence-electron chi connectivity index (χ1n) is 6.44. The summed E-state index contributed by atoms with van der Waals surface area (Å²) in [6.45, 7) is 2.24. The first kappa shape index (κ1) is 14.8. The van der Waals surface area contributed by atoms with E-state index in [0.717, 1.165) is 21.3 Å². The number of nitrogens with one attached hydrogen (secondary N) is 1. The molecule has 0 radical (unpaired) electrons. The second-order valence-corrected chi connectivity index (χ2v) is 5.45. The van der Waals surface area contributed by atoms with Gasteiger partial charge in [0.2, 0.25) is 5.91 Å². The third-order valence-electron chi connectivity index (χ3n) is 3.28. The fourth-order valence-electron chi connectivity index (χ4n) is 2.04. The average Bonchev–Trinajstić information content (AvgIpc) is 2.46. The van der Waals surface area contributed by atoms with Crippen molar-refractivity contribution in [3.05, 3.63) is 64.1 Å². The van der Waals surface area contributed by atoms with Crippen LogP contribution >= 0.6 is 15.9 Å². The van der Waals surface area contributed by atoms with Crippen LogP contribution in [0.5, 0.6) is 0 Å². The molecule has 0 saturated heterocycles. The minimum Gasteiger partial charge on any atom is -0.329 e. The molecule has 3 nitrogen and oxygen atoms in total. The maximum atomic E-state index is 12.4. The van der Waals surface area contributed by atoms with Crippen LogP contribution < -0.4 is 11.1 Å². The molecule has 0 spiro atoms. The predicted octanol–water partition coefficient (Wildman–Crippen LogP) is 3.44. The van der Waals surface area contributed by atoms with Crippen molar-refractivity contribution in [3.8, 4) is 0 Å². The highest BCUT2D eigenvalue weighted by atomic mass is 79.9. The van der Waals surface area contributed by atoms with Gasteiger partial charge in [0.15, 0.2) is 0 Å². The summed E-state index contributed by atoms with van der Waals surface area (Å²) in [4.78, 5) is 12.4. The molecular formula is C16H17BrN2O. The molecule has 4 heteroatoms. The maximum absolute atomic E-state index is 12.4. The van der Waals surface area contributed by atoms with Crippen LogP contribution in [0.15, 0.2) is 53.0 Å². The normalized spacial score (nSPS) is 11.9. The van der Waals surface area contributed by atoms with Gasteiger partial charge >= 0.3 is 0 Å². The topological polar surface area (TPSA) is 55.1 Å². The molecule has 1 unspecified atom stereocenters. The number of amides is 1. The summed E-state index contributed by atoms with van der Waals surface area (Å²) in [5.41, 5.74) is 8.50. The Hall–Kier alpha value is -1.65. The van der Waals surface area contributed by atoms with Crippen LogP contribution in [0.4, 0.5) is 5.69 Å². The minimum absolute atomic E-state index is 0.0834. The highest BCUT2D eigenvalue weighted by molar-refractivity contribution is 9.10. The molecule has 0 aliphatic heterocycles. The van der Waals surface area contributed by atoms with Gasteiger partial charge in [-0.3, -0.25) is 4.79 Å². The second-order valence-electron chi connectivity index (χ2n) is 4.60. The number of rotatable bonds is 4. The van der Waals surface area contributed by atoms with E-state index in [1.165, 1.54) is 0 Å². The summed E-state index contributed by atoms with van der Waals surface area (Å²) >= 11 is 3.46. The van der Waals surface area contributed by atoms with Crippen LogP contribution in [-0.4, -0.2) is 12.5 Å². The Bertz CT molecular complexity index is 599. The number of hydrogen-bond donors (Lipinski definition) is 2. The zero-order chi connectivity index (χ0) is 14.5. The van der Waals surface area contributed by atoms with E-state index in [1.807, 2.05) is 55.5 Å². The molecule has 0 aromatic heterocycles. The molecule has 0 bridgehead atoms. The van der Waals surface area contributed by atoms with Gasteiger partial charge < -0.3 is 11.1 Å². The lowest BCUT2D eigenvalue weighted by atomic mass is 9.98. The number of nitrogens with two attached hydrogens (primary N) is 1. The SMILES string of the molecule is Cc1c(Br)cccc1NC(=O)C(CN)c1ccccc1. The van der Waals surface area contributed by atoms with Crippen LogP contribution in [0.3, 0.4) is 0 Å². The summed E-state index contributed by atoms with van der Waals surface area (Å²) in [5, 5.41) is 2.95. The van der Waals surface area contributed by atoms with Gasteiger partial charge in [-0.2, -0.15) is 0 Å². The Labute approximate surface area is 127 Å². The van der Waals surface area contributed by atoms with Crippen LogP contribution in [0.2, 0.25) is 0 Å². The fourth-order valence-corrected chi connectivity index (χ4v) is 2.41. The van der Waals surface area contributed by atoms with E-state index in [0.29, 0.717) is 0 Å². The Morgan fingerprint density at radius 1 is 1.20 bits per heavy atom. The number of carbonyl (C=O) groups is 1. The lowest BCUT2D eigenvalue weighted by molar-refractivity contribution is -0.117. The lowest BCUT2D eigenvalue weighted by Crippen LogP contribution is -2.27. The van der Waals surface area contributed by atoms with E-state index in [-0.39, 0.29) is 18.4 Å². The first-order chi connectivity index (χ1) is 9.63. The number of halogens is 1. The molecule has 104 valence electrons. The Morgan fingerprint density at radius 2 is 1.90 bits per heavy atom. The van der Waals surface area contributed by atoms with Gasteiger partial charge in [0.25, 0.3) is 0 Å². The highest BCUT2D eigenvalue weighted by Gasteiger charge is 2.19. The van der Waals surface area contributed by atoms with Crippen molar-refractivity contribution in [1.82, 2.24) is 0 Å². The van der Waals surface area contributed by atoms with E-state index in [9.17, 15) is 4.79 Å². The third kappa shape index (κ3) is 3.26. The fraction of sp³-hybridized carbons (Fsp3) is 0.188.